The van der Waals surface area contributed by atoms with Gasteiger partial charge in [-0.2, -0.15) is 5.10 Å². The van der Waals surface area contributed by atoms with E-state index in [0.29, 0.717) is 48.4 Å². The second-order valence-corrected chi connectivity index (χ2v) is 7.98. The molecule has 8 nitrogen and oxygen atoms in total. The van der Waals surface area contributed by atoms with Gasteiger partial charge in [0.05, 0.1) is 18.5 Å². The molecule has 3 rings (SSSR count). The molecule has 0 bridgehead atoms. The lowest BCUT2D eigenvalue weighted by Crippen LogP contribution is -2.30. The summed E-state index contributed by atoms with van der Waals surface area (Å²) in [5.74, 6) is 1.20. The normalized spacial score (nSPS) is 10.7. The fourth-order valence-corrected chi connectivity index (χ4v) is 3.14. The predicted molar refractivity (Wildman–Crippen MR) is 127 cm³/mol. The van der Waals surface area contributed by atoms with Crippen LogP contribution in [0.5, 0.6) is 11.5 Å². The molecule has 0 unspecified atom stereocenters. The fraction of sp³-hybridized carbons (Fsp3) is 0.320. The van der Waals surface area contributed by atoms with E-state index in [1.54, 1.807) is 25.2 Å². The minimum absolute atomic E-state index is 0.281. The van der Waals surface area contributed by atoms with Gasteiger partial charge in [-0.05, 0) is 54.8 Å². The highest BCUT2D eigenvalue weighted by Gasteiger charge is 2.19. The number of hydrogen-bond acceptors (Lipinski definition) is 5. The molecule has 2 N–H and O–H groups in total. The Balaban J connectivity index is 1.65. The Labute approximate surface area is 193 Å². The topological polar surface area (TPSA) is 94.5 Å². The zero-order valence-electron chi connectivity index (χ0n) is 19.4. The molecule has 2 amide bonds. The van der Waals surface area contributed by atoms with Crippen molar-refractivity contribution < 1.29 is 19.1 Å². The van der Waals surface area contributed by atoms with Gasteiger partial charge in [0.1, 0.15) is 23.8 Å². The molecule has 2 aromatic carbocycles. The average Bonchev–Trinajstić information content (AvgIpc) is 3.17. The number of carbonyl (C=O) groups excluding carboxylic acids is 2. The van der Waals surface area contributed by atoms with E-state index in [2.05, 4.69) is 15.7 Å². The van der Waals surface area contributed by atoms with Gasteiger partial charge in [0.25, 0.3) is 11.8 Å². The summed E-state index contributed by atoms with van der Waals surface area (Å²) in [6, 6.07) is 14.6. The van der Waals surface area contributed by atoms with E-state index in [9.17, 15) is 9.59 Å². The third-order valence-corrected chi connectivity index (χ3v) is 4.80. The number of ether oxygens (including phenoxy) is 2. The Bertz CT molecular complexity index is 1090. The van der Waals surface area contributed by atoms with Gasteiger partial charge in [-0.15, -0.1) is 0 Å². The third-order valence-electron chi connectivity index (χ3n) is 4.80. The summed E-state index contributed by atoms with van der Waals surface area (Å²) in [5, 5.41) is 9.77. The summed E-state index contributed by atoms with van der Waals surface area (Å²) in [7, 11) is 1.67. The predicted octanol–water partition coefficient (Wildman–Crippen LogP) is 4.04. The van der Waals surface area contributed by atoms with Crippen molar-refractivity contribution in [2.24, 2.45) is 13.0 Å². The van der Waals surface area contributed by atoms with Gasteiger partial charge < -0.3 is 20.1 Å². The molecule has 1 aromatic heterocycles. The van der Waals surface area contributed by atoms with Gasteiger partial charge in [-0.1, -0.05) is 26.0 Å². The molecule has 0 saturated heterocycles. The molecule has 1 heterocycles. The van der Waals surface area contributed by atoms with Crippen molar-refractivity contribution in [3.05, 3.63) is 71.5 Å². The van der Waals surface area contributed by atoms with Crippen molar-refractivity contribution in [3.63, 3.8) is 0 Å². The molecular formula is C25H30N4O4. The molecule has 0 atom stereocenters. The lowest BCUT2D eigenvalue weighted by Gasteiger charge is -2.11. The second kappa shape index (κ2) is 11.2. The number of hydrogen-bond donors (Lipinski definition) is 2. The van der Waals surface area contributed by atoms with Gasteiger partial charge in [-0.3, -0.25) is 14.3 Å². The Morgan fingerprint density at radius 2 is 1.73 bits per heavy atom. The van der Waals surface area contributed by atoms with Crippen LogP contribution in [0.25, 0.3) is 0 Å². The van der Waals surface area contributed by atoms with Crippen molar-refractivity contribution in [3.8, 4) is 11.5 Å². The van der Waals surface area contributed by atoms with Crippen LogP contribution in [0.3, 0.4) is 0 Å². The molecule has 0 radical (unpaired) electrons. The molecular weight excluding hydrogens is 420 g/mol. The quantitative estimate of drug-likeness (QED) is 0.486. The van der Waals surface area contributed by atoms with Gasteiger partial charge >= 0.3 is 0 Å². The molecule has 8 heteroatoms. The Morgan fingerprint density at radius 3 is 2.39 bits per heavy atom. The molecule has 0 aliphatic rings. The van der Waals surface area contributed by atoms with Crippen LogP contribution in [0.4, 0.5) is 5.69 Å². The number of aromatic nitrogens is 2. The summed E-state index contributed by atoms with van der Waals surface area (Å²) in [6.07, 6.45) is 1.47. The number of benzene rings is 2. The van der Waals surface area contributed by atoms with E-state index in [0.717, 1.165) is 11.3 Å². The SMILES string of the molecule is CCOc1ccc(OCc2cccc(C(=O)Nc3cnn(C)c3C(=O)NCC(C)C)c2)cc1. The zero-order valence-corrected chi connectivity index (χ0v) is 19.4. The minimum Gasteiger partial charge on any atom is -0.494 e. The van der Waals surface area contributed by atoms with Crippen LogP contribution in [-0.2, 0) is 13.7 Å². The smallest absolute Gasteiger partial charge is 0.271 e. The number of carbonyl (C=O) groups is 2. The van der Waals surface area contributed by atoms with E-state index in [1.807, 2.05) is 51.1 Å². The summed E-state index contributed by atoms with van der Waals surface area (Å²) in [5.41, 5.74) is 1.97. The third kappa shape index (κ3) is 6.58. The van der Waals surface area contributed by atoms with Crippen LogP contribution < -0.4 is 20.1 Å². The van der Waals surface area contributed by atoms with Crippen molar-refractivity contribution in [2.45, 2.75) is 27.4 Å². The Hall–Kier alpha value is -3.81. The van der Waals surface area contributed by atoms with Gasteiger partial charge in [0.15, 0.2) is 0 Å². The number of aryl methyl sites for hydroxylation is 1. The minimum atomic E-state index is -0.330. The lowest BCUT2D eigenvalue weighted by atomic mass is 10.1. The highest BCUT2D eigenvalue weighted by atomic mass is 16.5. The van der Waals surface area contributed by atoms with E-state index in [4.69, 9.17) is 9.47 Å². The lowest BCUT2D eigenvalue weighted by molar-refractivity contribution is 0.0940. The van der Waals surface area contributed by atoms with Crippen LogP contribution in [0.15, 0.2) is 54.7 Å². The highest BCUT2D eigenvalue weighted by Crippen LogP contribution is 2.20. The summed E-state index contributed by atoms with van der Waals surface area (Å²) in [4.78, 5) is 25.4. The number of nitrogens with one attached hydrogen (secondary N) is 2. The van der Waals surface area contributed by atoms with Crippen LogP contribution in [-0.4, -0.2) is 34.7 Å². The number of rotatable bonds is 10. The second-order valence-electron chi connectivity index (χ2n) is 7.98. The highest BCUT2D eigenvalue weighted by molar-refractivity contribution is 6.08. The van der Waals surface area contributed by atoms with Crippen molar-refractivity contribution in [1.82, 2.24) is 15.1 Å². The maximum atomic E-state index is 12.9. The average molecular weight is 451 g/mol. The molecule has 0 spiro atoms. The fourth-order valence-electron chi connectivity index (χ4n) is 3.14. The Morgan fingerprint density at radius 1 is 1.03 bits per heavy atom. The van der Waals surface area contributed by atoms with Crippen LogP contribution >= 0.6 is 0 Å². The van der Waals surface area contributed by atoms with Crippen LogP contribution in [0, 0.1) is 5.92 Å². The van der Waals surface area contributed by atoms with Crippen molar-refractivity contribution >= 4 is 17.5 Å². The molecule has 33 heavy (non-hydrogen) atoms. The van der Waals surface area contributed by atoms with Crippen LogP contribution in [0.1, 0.15) is 47.2 Å². The van der Waals surface area contributed by atoms with Gasteiger partial charge in [0, 0.05) is 19.2 Å². The molecule has 3 aromatic rings. The van der Waals surface area contributed by atoms with Gasteiger partial charge in [-0.25, -0.2) is 0 Å². The van der Waals surface area contributed by atoms with E-state index < -0.39 is 0 Å². The summed E-state index contributed by atoms with van der Waals surface area (Å²) < 4.78 is 12.7. The first kappa shape index (κ1) is 23.8. The van der Waals surface area contributed by atoms with E-state index in [-0.39, 0.29) is 11.8 Å². The standard InChI is InChI=1S/C25H30N4O4/c1-5-32-20-9-11-21(12-10-20)33-16-18-7-6-8-19(13-18)24(30)28-22-15-27-29(4)23(22)25(31)26-14-17(2)3/h6-13,15,17H,5,14,16H2,1-4H3,(H,26,31)(H,28,30). The summed E-state index contributed by atoms with van der Waals surface area (Å²) in [6.45, 7) is 7.42. The zero-order chi connectivity index (χ0) is 23.8. The molecule has 0 aliphatic heterocycles. The maximum Gasteiger partial charge on any atom is 0.271 e. The van der Waals surface area contributed by atoms with Gasteiger partial charge in [0.2, 0.25) is 0 Å². The van der Waals surface area contributed by atoms with E-state index >= 15 is 0 Å². The molecule has 0 fully saturated rings. The monoisotopic (exact) mass is 450 g/mol. The maximum absolute atomic E-state index is 12.9. The van der Waals surface area contributed by atoms with E-state index in [1.165, 1.54) is 10.9 Å². The Kier molecular flexibility index (Phi) is 8.07. The molecule has 174 valence electrons. The first-order valence-electron chi connectivity index (χ1n) is 10.9. The molecule has 0 aliphatic carbocycles. The first-order valence-corrected chi connectivity index (χ1v) is 10.9. The number of anilines is 1. The number of nitrogens with zero attached hydrogens (tertiary/aromatic N) is 2. The molecule has 0 saturated carbocycles. The van der Waals surface area contributed by atoms with Crippen LogP contribution in [0.2, 0.25) is 0 Å². The van der Waals surface area contributed by atoms with Crippen molar-refractivity contribution in [1.29, 1.82) is 0 Å². The number of amides is 2. The van der Waals surface area contributed by atoms with Crippen molar-refractivity contribution in [2.75, 3.05) is 18.5 Å². The first-order chi connectivity index (χ1) is 15.9. The summed E-state index contributed by atoms with van der Waals surface area (Å²) >= 11 is 0. The largest absolute Gasteiger partial charge is 0.494 e.